The molecule has 0 radical (unpaired) electrons. The molecule has 2 N–H and O–H groups in total. The molecule has 0 bridgehead atoms. The maximum atomic E-state index is 11.9. The normalized spacial score (nSPS) is 19.0. The first kappa shape index (κ1) is 16.4. The van der Waals surface area contributed by atoms with Crippen molar-refractivity contribution in [1.29, 1.82) is 0 Å². The number of carbonyl (C=O) groups is 1. The minimum Gasteiger partial charge on any atom is -0.334 e. The number of benzene rings is 1. The van der Waals surface area contributed by atoms with Crippen LogP contribution in [0.2, 0.25) is 0 Å². The third kappa shape index (κ3) is 4.08. The zero-order chi connectivity index (χ0) is 17.2. The van der Waals surface area contributed by atoms with Gasteiger partial charge in [0.1, 0.15) is 0 Å². The van der Waals surface area contributed by atoms with Gasteiger partial charge < -0.3 is 10.6 Å². The van der Waals surface area contributed by atoms with E-state index in [1.807, 2.05) is 25.1 Å². The molecule has 0 spiro atoms. The molecule has 0 aliphatic carbocycles. The molecular formula is C16H18N4O3S. The highest BCUT2D eigenvalue weighted by molar-refractivity contribution is 7.91. The second-order valence-electron chi connectivity index (χ2n) is 5.80. The molecule has 1 aromatic heterocycles. The zero-order valence-electron chi connectivity index (χ0n) is 13.2. The smallest absolute Gasteiger partial charge is 0.319 e. The van der Waals surface area contributed by atoms with E-state index in [1.165, 1.54) is 0 Å². The van der Waals surface area contributed by atoms with Gasteiger partial charge in [0.15, 0.2) is 15.7 Å². The van der Waals surface area contributed by atoms with Gasteiger partial charge in [-0.1, -0.05) is 0 Å². The van der Waals surface area contributed by atoms with Crippen LogP contribution in [0, 0.1) is 6.92 Å². The van der Waals surface area contributed by atoms with E-state index < -0.39 is 15.9 Å². The highest BCUT2D eigenvalue weighted by Gasteiger charge is 2.28. The summed E-state index contributed by atoms with van der Waals surface area (Å²) in [6.45, 7) is 1.90. The molecule has 1 aromatic carbocycles. The first-order valence-electron chi connectivity index (χ1n) is 7.59. The fraction of sp³-hybridized carbons (Fsp3) is 0.312. The monoisotopic (exact) mass is 346 g/mol. The summed E-state index contributed by atoms with van der Waals surface area (Å²) >= 11 is 0. The second-order valence-corrected chi connectivity index (χ2v) is 8.03. The van der Waals surface area contributed by atoms with Crippen LogP contribution in [0.5, 0.6) is 0 Å². The fourth-order valence-electron chi connectivity index (χ4n) is 2.55. The van der Waals surface area contributed by atoms with Crippen molar-refractivity contribution in [2.75, 3.05) is 16.8 Å². The molecule has 3 rings (SSSR count). The molecule has 2 aromatic rings. The number of aromatic nitrogens is 2. The molecule has 1 aliphatic rings. The molecule has 1 saturated heterocycles. The van der Waals surface area contributed by atoms with E-state index in [4.69, 9.17) is 0 Å². The Bertz CT molecular complexity index is 850. The third-order valence-electron chi connectivity index (χ3n) is 3.76. The van der Waals surface area contributed by atoms with Gasteiger partial charge in [-0.05, 0) is 43.7 Å². The summed E-state index contributed by atoms with van der Waals surface area (Å²) < 4.78 is 22.8. The lowest BCUT2D eigenvalue weighted by Crippen LogP contribution is -2.38. The van der Waals surface area contributed by atoms with Crippen molar-refractivity contribution in [1.82, 2.24) is 15.3 Å². The van der Waals surface area contributed by atoms with Crippen LogP contribution in [-0.2, 0) is 9.84 Å². The van der Waals surface area contributed by atoms with Crippen LogP contribution in [0.25, 0.3) is 11.4 Å². The van der Waals surface area contributed by atoms with Crippen LogP contribution >= 0.6 is 0 Å². The number of hydrogen-bond acceptors (Lipinski definition) is 5. The topological polar surface area (TPSA) is 101 Å². The number of nitrogens with zero attached hydrogens (tertiary/aromatic N) is 2. The van der Waals surface area contributed by atoms with Gasteiger partial charge in [-0.15, -0.1) is 0 Å². The average Bonchev–Trinajstić information content (AvgIpc) is 2.86. The van der Waals surface area contributed by atoms with E-state index in [0.717, 1.165) is 11.3 Å². The molecule has 7 nitrogen and oxygen atoms in total. The molecule has 2 heterocycles. The summed E-state index contributed by atoms with van der Waals surface area (Å²) in [4.78, 5) is 20.5. The Morgan fingerprint density at radius 1 is 1.21 bits per heavy atom. The van der Waals surface area contributed by atoms with Crippen LogP contribution in [0.4, 0.5) is 10.5 Å². The molecule has 8 heteroatoms. The number of amides is 2. The SMILES string of the molecule is Cc1ccnc(-c2ccc(NC(=O)NC3CCS(=O)(=O)C3)cc2)n1. The van der Waals surface area contributed by atoms with Gasteiger partial charge in [0.05, 0.1) is 11.5 Å². The third-order valence-corrected chi connectivity index (χ3v) is 5.53. The van der Waals surface area contributed by atoms with Crippen molar-refractivity contribution in [3.05, 3.63) is 42.2 Å². The maximum absolute atomic E-state index is 11.9. The van der Waals surface area contributed by atoms with Crippen LogP contribution < -0.4 is 10.6 Å². The molecule has 126 valence electrons. The minimum atomic E-state index is -3.01. The Kier molecular flexibility index (Phi) is 4.48. The number of anilines is 1. The number of carbonyl (C=O) groups excluding carboxylic acids is 1. The van der Waals surface area contributed by atoms with Gasteiger partial charge in [-0.25, -0.2) is 23.2 Å². The van der Waals surface area contributed by atoms with Gasteiger partial charge in [0.25, 0.3) is 0 Å². The summed E-state index contributed by atoms with van der Waals surface area (Å²) in [5, 5.41) is 5.38. The highest BCUT2D eigenvalue weighted by Crippen LogP contribution is 2.18. The molecule has 1 fully saturated rings. The van der Waals surface area contributed by atoms with E-state index in [2.05, 4.69) is 20.6 Å². The van der Waals surface area contributed by atoms with E-state index in [9.17, 15) is 13.2 Å². The number of urea groups is 1. The number of rotatable bonds is 3. The zero-order valence-corrected chi connectivity index (χ0v) is 14.0. The number of nitrogens with one attached hydrogen (secondary N) is 2. The summed E-state index contributed by atoms with van der Waals surface area (Å²) in [5.41, 5.74) is 2.35. The molecule has 1 aliphatic heterocycles. The Balaban J connectivity index is 1.61. The van der Waals surface area contributed by atoms with Crippen LogP contribution in [-0.4, -0.2) is 42.0 Å². The lowest BCUT2D eigenvalue weighted by atomic mass is 10.2. The summed E-state index contributed by atoms with van der Waals surface area (Å²) in [5.74, 6) is 0.759. The van der Waals surface area contributed by atoms with Crippen LogP contribution in [0.1, 0.15) is 12.1 Å². The van der Waals surface area contributed by atoms with E-state index in [0.29, 0.717) is 17.9 Å². The number of aryl methyl sites for hydroxylation is 1. The van der Waals surface area contributed by atoms with Crippen LogP contribution in [0.3, 0.4) is 0 Å². The molecule has 1 unspecified atom stereocenters. The van der Waals surface area contributed by atoms with Gasteiger partial charge in [-0.3, -0.25) is 0 Å². The lowest BCUT2D eigenvalue weighted by Gasteiger charge is -2.12. The second kappa shape index (κ2) is 6.56. The van der Waals surface area contributed by atoms with E-state index in [-0.39, 0.29) is 17.5 Å². The first-order chi connectivity index (χ1) is 11.4. The van der Waals surface area contributed by atoms with Crippen molar-refractivity contribution in [3.8, 4) is 11.4 Å². The predicted molar refractivity (Wildman–Crippen MR) is 91.4 cm³/mol. The van der Waals surface area contributed by atoms with Crippen molar-refractivity contribution in [2.45, 2.75) is 19.4 Å². The van der Waals surface area contributed by atoms with Crippen molar-refractivity contribution < 1.29 is 13.2 Å². The molecule has 0 saturated carbocycles. The largest absolute Gasteiger partial charge is 0.334 e. The van der Waals surface area contributed by atoms with Gasteiger partial charge in [0.2, 0.25) is 0 Å². The van der Waals surface area contributed by atoms with Crippen molar-refractivity contribution >= 4 is 21.6 Å². The van der Waals surface area contributed by atoms with E-state index >= 15 is 0 Å². The van der Waals surface area contributed by atoms with Crippen molar-refractivity contribution in [2.24, 2.45) is 0 Å². The predicted octanol–water partition coefficient (Wildman–Crippen LogP) is 1.76. The Morgan fingerprint density at radius 2 is 1.96 bits per heavy atom. The lowest BCUT2D eigenvalue weighted by molar-refractivity contribution is 0.249. The maximum Gasteiger partial charge on any atom is 0.319 e. The van der Waals surface area contributed by atoms with Crippen molar-refractivity contribution in [3.63, 3.8) is 0 Å². The van der Waals surface area contributed by atoms with Crippen LogP contribution in [0.15, 0.2) is 36.5 Å². The quantitative estimate of drug-likeness (QED) is 0.882. The Hall–Kier alpha value is -2.48. The first-order valence-corrected chi connectivity index (χ1v) is 9.41. The van der Waals surface area contributed by atoms with Gasteiger partial charge in [-0.2, -0.15) is 0 Å². The standard InChI is InChI=1S/C16H18N4O3S/c1-11-6-8-17-15(18-11)12-2-4-13(5-3-12)19-16(21)20-14-7-9-24(22,23)10-14/h2-6,8,14H,7,9-10H2,1H3,(H2,19,20,21). The minimum absolute atomic E-state index is 0.00402. The number of sulfone groups is 1. The molecule has 1 atom stereocenters. The molecular weight excluding hydrogens is 328 g/mol. The summed E-state index contributed by atoms with van der Waals surface area (Å²) in [7, 11) is -3.01. The fourth-order valence-corrected chi connectivity index (χ4v) is 4.23. The van der Waals surface area contributed by atoms with Gasteiger partial charge in [0, 0.05) is 29.2 Å². The van der Waals surface area contributed by atoms with E-state index in [1.54, 1.807) is 18.3 Å². The highest BCUT2D eigenvalue weighted by atomic mass is 32.2. The average molecular weight is 346 g/mol. The Labute approximate surface area is 140 Å². The molecule has 2 amide bonds. The Morgan fingerprint density at radius 3 is 2.58 bits per heavy atom. The summed E-state index contributed by atoms with van der Waals surface area (Å²) in [6, 6.07) is 8.26. The van der Waals surface area contributed by atoms with Gasteiger partial charge >= 0.3 is 6.03 Å². The summed E-state index contributed by atoms with van der Waals surface area (Å²) in [6.07, 6.45) is 2.16. The number of hydrogen-bond donors (Lipinski definition) is 2. The molecule has 24 heavy (non-hydrogen) atoms.